The Kier molecular flexibility index (Phi) is 2.40. The van der Waals surface area contributed by atoms with Gasteiger partial charge in [0.05, 0.1) is 6.20 Å². The van der Waals surface area contributed by atoms with Crippen LogP contribution in [0.5, 0.6) is 0 Å². The summed E-state index contributed by atoms with van der Waals surface area (Å²) in [6.07, 6.45) is 3.76. The first kappa shape index (κ1) is 10.2. The van der Waals surface area contributed by atoms with Crippen molar-refractivity contribution in [1.82, 2.24) is 19.6 Å². The molecule has 0 spiro atoms. The molecule has 16 heavy (non-hydrogen) atoms. The van der Waals surface area contributed by atoms with Gasteiger partial charge in [-0.05, 0) is 41.6 Å². The lowest BCUT2D eigenvalue weighted by Crippen LogP contribution is -1.84. The van der Waals surface area contributed by atoms with Crippen molar-refractivity contribution in [2.24, 2.45) is 0 Å². The number of halogens is 1. The van der Waals surface area contributed by atoms with Crippen molar-refractivity contribution < 1.29 is 0 Å². The van der Waals surface area contributed by atoms with Crippen molar-refractivity contribution in [3.63, 3.8) is 0 Å². The molecule has 0 aliphatic heterocycles. The average Bonchev–Trinajstić information content (AvgIpc) is 2.75. The largest absolute Gasteiger partial charge is 0.261 e. The van der Waals surface area contributed by atoms with Crippen molar-refractivity contribution in [2.45, 2.75) is 6.92 Å². The number of aromatic nitrogens is 4. The Morgan fingerprint density at radius 1 is 1.38 bits per heavy atom. The predicted octanol–water partition coefficient (Wildman–Crippen LogP) is 2.77. The maximum absolute atomic E-state index is 4.46. The third kappa shape index (κ3) is 1.71. The quantitative estimate of drug-likeness (QED) is 0.639. The fraction of sp³-hybridized carbons (Fsp3) is 0.100. The summed E-state index contributed by atoms with van der Waals surface area (Å²) in [7, 11) is 0. The zero-order valence-corrected chi connectivity index (χ0v) is 11.4. The standard InChI is InChI=1S/C10H7IN4S/c1-6-2-3-7(4-12-6)9-14-15-5-8(11)13-10(15)16-9/h2-5H,1H3. The minimum Gasteiger partial charge on any atom is -0.261 e. The molecule has 0 aliphatic carbocycles. The fourth-order valence-electron chi connectivity index (χ4n) is 1.38. The summed E-state index contributed by atoms with van der Waals surface area (Å²) in [4.78, 5) is 9.54. The molecule has 3 rings (SSSR count). The number of imidazole rings is 1. The van der Waals surface area contributed by atoms with Crippen molar-refractivity contribution in [1.29, 1.82) is 0 Å². The topological polar surface area (TPSA) is 43.1 Å². The molecule has 0 unspecified atom stereocenters. The molecule has 0 fully saturated rings. The minimum absolute atomic E-state index is 0.917. The van der Waals surface area contributed by atoms with Gasteiger partial charge in [0.25, 0.3) is 0 Å². The van der Waals surface area contributed by atoms with E-state index in [0.29, 0.717) is 0 Å². The van der Waals surface area contributed by atoms with Crippen LogP contribution in [0.25, 0.3) is 15.5 Å². The van der Waals surface area contributed by atoms with Crippen LogP contribution in [0.2, 0.25) is 0 Å². The van der Waals surface area contributed by atoms with Gasteiger partial charge in [0, 0.05) is 17.5 Å². The number of fused-ring (bicyclic) bond motifs is 1. The summed E-state index contributed by atoms with van der Waals surface area (Å²) in [5.74, 6) is 0. The van der Waals surface area contributed by atoms with Gasteiger partial charge in [-0.15, -0.1) is 0 Å². The van der Waals surface area contributed by atoms with E-state index in [2.05, 4.69) is 37.7 Å². The molecule has 0 radical (unpaired) electrons. The van der Waals surface area contributed by atoms with Crippen molar-refractivity contribution in [3.8, 4) is 10.6 Å². The van der Waals surface area contributed by atoms with E-state index in [-0.39, 0.29) is 0 Å². The van der Waals surface area contributed by atoms with Crippen LogP contribution in [-0.4, -0.2) is 19.6 Å². The van der Waals surface area contributed by atoms with Gasteiger partial charge < -0.3 is 0 Å². The van der Waals surface area contributed by atoms with E-state index < -0.39 is 0 Å². The molecular weight excluding hydrogens is 335 g/mol. The summed E-state index contributed by atoms with van der Waals surface area (Å²) in [5.41, 5.74) is 2.05. The molecule has 6 heteroatoms. The maximum atomic E-state index is 4.46. The molecule has 0 aromatic carbocycles. The van der Waals surface area contributed by atoms with Crippen molar-refractivity contribution in [2.75, 3.05) is 0 Å². The van der Waals surface area contributed by atoms with Crippen LogP contribution in [0, 0.1) is 10.6 Å². The Morgan fingerprint density at radius 2 is 2.25 bits per heavy atom. The van der Waals surface area contributed by atoms with Crippen LogP contribution >= 0.6 is 33.9 Å². The predicted molar refractivity (Wildman–Crippen MR) is 71.5 cm³/mol. The number of rotatable bonds is 1. The normalized spacial score (nSPS) is 11.1. The van der Waals surface area contributed by atoms with E-state index >= 15 is 0 Å². The molecular formula is C10H7IN4S. The zero-order chi connectivity index (χ0) is 11.1. The van der Waals surface area contributed by atoms with Crippen molar-refractivity contribution >= 4 is 38.9 Å². The number of aryl methyl sites for hydroxylation is 1. The van der Waals surface area contributed by atoms with E-state index in [9.17, 15) is 0 Å². The molecule has 0 saturated heterocycles. The van der Waals surface area contributed by atoms with E-state index in [0.717, 1.165) is 24.9 Å². The number of nitrogens with zero attached hydrogens (tertiary/aromatic N) is 4. The zero-order valence-electron chi connectivity index (χ0n) is 8.38. The van der Waals surface area contributed by atoms with Crippen molar-refractivity contribution in [3.05, 3.63) is 33.9 Å². The van der Waals surface area contributed by atoms with Gasteiger partial charge in [0.2, 0.25) is 4.96 Å². The fourth-order valence-corrected chi connectivity index (χ4v) is 2.91. The van der Waals surface area contributed by atoms with Gasteiger partial charge in [-0.1, -0.05) is 11.3 Å². The molecule has 0 bridgehead atoms. The Hall–Kier alpha value is -1.02. The first-order chi connectivity index (χ1) is 7.72. The molecule has 0 N–H and O–H groups in total. The summed E-state index contributed by atoms with van der Waals surface area (Å²) >= 11 is 3.76. The maximum Gasteiger partial charge on any atom is 0.213 e. The smallest absolute Gasteiger partial charge is 0.213 e. The van der Waals surface area contributed by atoms with Crippen LogP contribution in [0.15, 0.2) is 24.5 Å². The van der Waals surface area contributed by atoms with Crippen LogP contribution in [0.1, 0.15) is 5.69 Å². The van der Waals surface area contributed by atoms with Gasteiger partial charge in [0.1, 0.15) is 8.71 Å². The lowest BCUT2D eigenvalue weighted by molar-refractivity contribution is 0.975. The Bertz CT molecular complexity index is 609. The first-order valence-electron chi connectivity index (χ1n) is 4.67. The number of hydrogen-bond donors (Lipinski definition) is 0. The Labute approximate surface area is 110 Å². The molecule has 3 heterocycles. The average molecular weight is 342 g/mol. The molecule has 80 valence electrons. The molecule has 0 aliphatic rings. The molecule has 3 aromatic rings. The number of hydrogen-bond acceptors (Lipinski definition) is 4. The Balaban J connectivity index is 2.11. The third-order valence-corrected chi connectivity index (χ3v) is 3.66. The highest BCUT2D eigenvalue weighted by molar-refractivity contribution is 14.1. The first-order valence-corrected chi connectivity index (χ1v) is 6.56. The highest BCUT2D eigenvalue weighted by Crippen LogP contribution is 2.25. The van der Waals surface area contributed by atoms with Crippen LogP contribution in [0.4, 0.5) is 0 Å². The third-order valence-electron chi connectivity index (χ3n) is 2.17. The minimum atomic E-state index is 0.917. The molecule has 0 atom stereocenters. The SMILES string of the molecule is Cc1ccc(-c2nn3cc(I)nc3s2)cn1. The van der Waals surface area contributed by atoms with Gasteiger partial charge in [-0.3, -0.25) is 4.98 Å². The lowest BCUT2D eigenvalue weighted by Gasteiger charge is -1.94. The van der Waals surface area contributed by atoms with Gasteiger partial charge >= 0.3 is 0 Å². The van der Waals surface area contributed by atoms with Crippen LogP contribution < -0.4 is 0 Å². The van der Waals surface area contributed by atoms with Crippen LogP contribution in [0.3, 0.4) is 0 Å². The van der Waals surface area contributed by atoms with Gasteiger partial charge in [0.15, 0.2) is 0 Å². The number of pyridine rings is 1. The van der Waals surface area contributed by atoms with Gasteiger partial charge in [-0.2, -0.15) is 5.10 Å². The Morgan fingerprint density at radius 3 is 2.94 bits per heavy atom. The molecule has 3 aromatic heterocycles. The summed E-state index contributed by atoms with van der Waals surface area (Å²) < 4.78 is 2.77. The van der Waals surface area contributed by atoms with E-state index in [4.69, 9.17) is 0 Å². The highest BCUT2D eigenvalue weighted by atomic mass is 127. The summed E-state index contributed by atoms with van der Waals surface area (Å²) in [6, 6.07) is 4.02. The molecule has 0 amide bonds. The summed E-state index contributed by atoms with van der Waals surface area (Å²) in [5, 5.41) is 5.41. The van der Waals surface area contributed by atoms with E-state index in [1.165, 1.54) is 0 Å². The second-order valence-corrected chi connectivity index (χ2v) is 5.45. The molecule has 4 nitrogen and oxygen atoms in total. The second kappa shape index (κ2) is 3.77. The van der Waals surface area contributed by atoms with Crippen LogP contribution in [-0.2, 0) is 0 Å². The summed E-state index contributed by atoms with van der Waals surface area (Å²) in [6.45, 7) is 1.97. The second-order valence-electron chi connectivity index (χ2n) is 3.39. The highest BCUT2D eigenvalue weighted by Gasteiger charge is 2.08. The molecule has 0 saturated carbocycles. The monoisotopic (exact) mass is 342 g/mol. The lowest BCUT2D eigenvalue weighted by atomic mass is 10.3. The van der Waals surface area contributed by atoms with Gasteiger partial charge in [-0.25, -0.2) is 9.50 Å². The van der Waals surface area contributed by atoms with E-state index in [1.807, 2.05) is 36.0 Å². The van der Waals surface area contributed by atoms with E-state index in [1.54, 1.807) is 11.3 Å².